The van der Waals surface area contributed by atoms with Crippen LogP contribution in [0.4, 0.5) is 4.39 Å². The summed E-state index contributed by atoms with van der Waals surface area (Å²) in [4.78, 5) is 23.8. The Hall–Kier alpha value is -2.89. The first-order chi connectivity index (χ1) is 12.4. The first kappa shape index (κ1) is 19.4. The van der Waals surface area contributed by atoms with Gasteiger partial charge in [-0.3, -0.25) is 9.59 Å². The highest BCUT2D eigenvalue weighted by molar-refractivity contribution is 5.83. The third kappa shape index (κ3) is 4.59. The minimum absolute atomic E-state index is 0.0256. The van der Waals surface area contributed by atoms with Gasteiger partial charge in [0.2, 0.25) is 5.91 Å². The van der Waals surface area contributed by atoms with E-state index in [0.29, 0.717) is 17.5 Å². The van der Waals surface area contributed by atoms with E-state index in [-0.39, 0.29) is 24.6 Å². The van der Waals surface area contributed by atoms with Crippen molar-refractivity contribution in [3.63, 3.8) is 0 Å². The van der Waals surface area contributed by atoms with Crippen molar-refractivity contribution in [1.82, 2.24) is 5.32 Å². The monoisotopic (exact) mass is 359 g/mol. The predicted octanol–water partition coefficient (Wildman–Crippen LogP) is 2.93. The molecule has 2 N–H and O–H groups in total. The van der Waals surface area contributed by atoms with Crippen molar-refractivity contribution in [1.29, 1.82) is 0 Å². The van der Waals surface area contributed by atoms with E-state index in [1.54, 1.807) is 43.3 Å². The Morgan fingerprint density at radius 2 is 1.88 bits per heavy atom. The maximum absolute atomic E-state index is 13.7. The summed E-state index contributed by atoms with van der Waals surface area (Å²) in [6.07, 6.45) is 0.484. The number of carboxylic acid groups (broad SMARTS) is 1. The second-order valence-corrected chi connectivity index (χ2v) is 6.25. The van der Waals surface area contributed by atoms with Crippen LogP contribution in [0.25, 0.3) is 0 Å². The largest absolute Gasteiger partial charge is 0.494 e. The fraction of sp³-hybridized carbons (Fsp3) is 0.300. The second kappa shape index (κ2) is 8.47. The minimum Gasteiger partial charge on any atom is -0.494 e. The molecule has 1 amide bonds. The summed E-state index contributed by atoms with van der Waals surface area (Å²) in [5, 5.41) is 12.3. The van der Waals surface area contributed by atoms with E-state index >= 15 is 0 Å². The van der Waals surface area contributed by atoms with Gasteiger partial charge in [-0.05, 0) is 36.6 Å². The first-order valence-corrected chi connectivity index (χ1v) is 8.25. The van der Waals surface area contributed by atoms with Gasteiger partial charge in [0.25, 0.3) is 0 Å². The minimum atomic E-state index is -1.22. The van der Waals surface area contributed by atoms with E-state index in [4.69, 9.17) is 4.74 Å². The lowest BCUT2D eigenvalue weighted by Gasteiger charge is -2.25. The van der Waals surface area contributed by atoms with Gasteiger partial charge < -0.3 is 15.2 Å². The average molecular weight is 359 g/mol. The van der Waals surface area contributed by atoms with Gasteiger partial charge >= 0.3 is 5.97 Å². The van der Waals surface area contributed by atoms with Crippen molar-refractivity contribution in [3.8, 4) is 5.75 Å². The summed E-state index contributed by atoms with van der Waals surface area (Å²) in [7, 11) is 1.39. The maximum atomic E-state index is 13.7. The van der Waals surface area contributed by atoms with E-state index in [0.717, 1.165) is 0 Å². The van der Waals surface area contributed by atoms with Gasteiger partial charge in [-0.15, -0.1) is 0 Å². The van der Waals surface area contributed by atoms with Gasteiger partial charge in [0, 0.05) is 13.0 Å². The molecule has 0 fully saturated rings. The average Bonchev–Trinajstić information content (AvgIpc) is 2.65. The van der Waals surface area contributed by atoms with Crippen molar-refractivity contribution in [2.75, 3.05) is 13.7 Å². The van der Waals surface area contributed by atoms with Gasteiger partial charge in [-0.2, -0.15) is 0 Å². The number of benzene rings is 2. The standard InChI is InChI=1S/C20H22FNO4/c1-20(19(24)25,15-6-4-3-5-7-15)13-22-18(23)11-9-14-8-10-17(26-2)16(21)12-14/h3-8,10,12H,9,11,13H2,1-2H3,(H,22,23)(H,24,25). The molecule has 0 saturated heterocycles. The molecule has 0 aliphatic rings. The number of methoxy groups -OCH3 is 1. The Kier molecular flexibility index (Phi) is 6.33. The van der Waals surface area contributed by atoms with Crippen LogP contribution in [-0.4, -0.2) is 30.6 Å². The first-order valence-electron chi connectivity index (χ1n) is 8.25. The number of aliphatic carboxylic acids is 1. The fourth-order valence-electron chi connectivity index (χ4n) is 2.59. The van der Waals surface area contributed by atoms with E-state index < -0.39 is 17.2 Å². The van der Waals surface area contributed by atoms with Crippen LogP contribution < -0.4 is 10.1 Å². The molecule has 0 saturated carbocycles. The third-order valence-corrected chi connectivity index (χ3v) is 4.38. The molecule has 0 radical (unpaired) electrons. The lowest BCUT2D eigenvalue weighted by Crippen LogP contribution is -2.44. The lowest BCUT2D eigenvalue weighted by atomic mass is 9.82. The molecular formula is C20H22FNO4. The number of rotatable bonds is 8. The van der Waals surface area contributed by atoms with Crippen LogP contribution in [0, 0.1) is 5.82 Å². The van der Waals surface area contributed by atoms with Crippen molar-refractivity contribution in [3.05, 3.63) is 65.5 Å². The van der Waals surface area contributed by atoms with E-state index in [1.165, 1.54) is 19.2 Å². The van der Waals surface area contributed by atoms with Crippen LogP contribution in [0.1, 0.15) is 24.5 Å². The molecule has 2 aromatic rings. The molecule has 5 nitrogen and oxygen atoms in total. The molecule has 2 rings (SSSR count). The van der Waals surface area contributed by atoms with E-state index in [1.807, 2.05) is 0 Å². The SMILES string of the molecule is COc1ccc(CCC(=O)NCC(C)(C(=O)O)c2ccccc2)cc1F. The molecule has 1 unspecified atom stereocenters. The summed E-state index contributed by atoms with van der Waals surface area (Å²) < 4.78 is 18.5. The Morgan fingerprint density at radius 3 is 2.46 bits per heavy atom. The summed E-state index contributed by atoms with van der Waals surface area (Å²) >= 11 is 0. The number of hydrogen-bond acceptors (Lipinski definition) is 3. The van der Waals surface area contributed by atoms with Crippen LogP contribution in [0.3, 0.4) is 0 Å². The molecule has 0 aromatic heterocycles. The van der Waals surface area contributed by atoms with Crippen LogP contribution >= 0.6 is 0 Å². The molecule has 138 valence electrons. The van der Waals surface area contributed by atoms with Gasteiger partial charge in [0.1, 0.15) is 5.41 Å². The van der Waals surface area contributed by atoms with Crippen molar-refractivity contribution >= 4 is 11.9 Å². The highest BCUT2D eigenvalue weighted by Gasteiger charge is 2.35. The number of nitrogens with one attached hydrogen (secondary N) is 1. The van der Waals surface area contributed by atoms with Crippen LogP contribution in [-0.2, 0) is 21.4 Å². The Balaban J connectivity index is 1.95. The molecule has 2 aromatic carbocycles. The number of amides is 1. The molecule has 1 atom stereocenters. The summed E-state index contributed by atoms with van der Waals surface area (Å²) in [6, 6.07) is 13.3. The quantitative estimate of drug-likeness (QED) is 0.760. The molecule has 26 heavy (non-hydrogen) atoms. The number of carboxylic acids is 1. The molecule has 0 aliphatic carbocycles. The number of ether oxygens (including phenoxy) is 1. The van der Waals surface area contributed by atoms with E-state index in [9.17, 15) is 19.1 Å². The highest BCUT2D eigenvalue weighted by Crippen LogP contribution is 2.23. The highest BCUT2D eigenvalue weighted by atomic mass is 19.1. The van der Waals surface area contributed by atoms with Crippen molar-refractivity contribution in [2.24, 2.45) is 0 Å². The molecule has 0 bridgehead atoms. The molecule has 0 aliphatic heterocycles. The van der Waals surface area contributed by atoms with Crippen LogP contribution in [0.15, 0.2) is 48.5 Å². The fourth-order valence-corrected chi connectivity index (χ4v) is 2.59. The topological polar surface area (TPSA) is 75.6 Å². The van der Waals surface area contributed by atoms with Gasteiger partial charge in [0.05, 0.1) is 7.11 Å². The van der Waals surface area contributed by atoms with Crippen molar-refractivity contribution in [2.45, 2.75) is 25.2 Å². The van der Waals surface area contributed by atoms with E-state index in [2.05, 4.69) is 5.32 Å². The number of carbonyl (C=O) groups is 2. The summed E-state index contributed by atoms with van der Waals surface area (Å²) in [5.41, 5.74) is 0.0656. The summed E-state index contributed by atoms with van der Waals surface area (Å²) in [6.45, 7) is 1.55. The van der Waals surface area contributed by atoms with Gasteiger partial charge in [0.15, 0.2) is 11.6 Å². The second-order valence-electron chi connectivity index (χ2n) is 6.25. The molecule has 0 heterocycles. The van der Waals surface area contributed by atoms with Gasteiger partial charge in [-0.1, -0.05) is 36.4 Å². The predicted molar refractivity (Wildman–Crippen MR) is 95.7 cm³/mol. The Morgan fingerprint density at radius 1 is 1.19 bits per heavy atom. The zero-order valence-electron chi connectivity index (χ0n) is 14.8. The molecule has 6 heteroatoms. The number of aryl methyl sites for hydroxylation is 1. The zero-order valence-corrected chi connectivity index (χ0v) is 14.8. The zero-order chi connectivity index (χ0) is 19.2. The molecule has 0 spiro atoms. The number of carbonyl (C=O) groups excluding carboxylic acids is 1. The summed E-state index contributed by atoms with van der Waals surface area (Å²) in [5.74, 6) is -1.63. The van der Waals surface area contributed by atoms with Crippen molar-refractivity contribution < 1.29 is 23.8 Å². The van der Waals surface area contributed by atoms with Gasteiger partial charge in [-0.25, -0.2) is 4.39 Å². The number of halogens is 1. The van der Waals surface area contributed by atoms with Crippen LogP contribution in [0.5, 0.6) is 5.75 Å². The molecular weight excluding hydrogens is 337 g/mol. The lowest BCUT2D eigenvalue weighted by molar-refractivity contribution is -0.143. The maximum Gasteiger partial charge on any atom is 0.315 e. The van der Waals surface area contributed by atoms with Crippen LogP contribution in [0.2, 0.25) is 0 Å². The Bertz CT molecular complexity index is 779. The third-order valence-electron chi connectivity index (χ3n) is 4.38. The number of hydrogen-bond donors (Lipinski definition) is 2. The normalized spacial score (nSPS) is 12.9. The smallest absolute Gasteiger partial charge is 0.315 e. The Labute approximate surface area is 151 Å².